The summed E-state index contributed by atoms with van der Waals surface area (Å²) in [5.41, 5.74) is -1.15. The minimum absolute atomic E-state index is 0.0218. The van der Waals surface area contributed by atoms with Gasteiger partial charge >= 0.3 is 6.18 Å². The quantitative estimate of drug-likeness (QED) is 0.664. The lowest BCUT2D eigenvalue weighted by atomic mass is 10.2. The highest BCUT2D eigenvalue weighted by atomic mass is 19.4. The van der Waals surface area contributed by atoms with Gasteiger partial charge in [-0.15, -0.1) is 5.10 Å². The fourth-order valence-electron chi connectivity index (χ4n) is 2.67. The Labute approximate surface area is 175 Å². The van der Waals surface area contributed by atoms with E-state index in [1.807, 2.05) is 19.9 Å². The van der Waals surface area contributed by atoms with E-state index >= 15 is 0 Å². The molecule has 0 aromatic carbocycles. The molecule has 0 aliphatic rings. The van der Waals surface area contributed by atoms with Crippen molar-refractivity contribution in [2.75, 3.05) is 0 Å². The molecule has 3 rings (SSSR count). The summed E-state index contributed by atoms with van der Waals surface area (Å²) in [5.74, 6) is 0.408. The van der Waals surface area contributed by atoms with Crippen molar-refractivity contribution < 1.29 is 18.0 Å². The molecule has 0 fully saturated rings. The molecule has 0 aliphatic heterocycles. The third kappa shape index (κ3) is 4.85. The molecule has 3 aromatic heterocycles. The Morgan fingerprint density at radius 2 is 1.90 bits per heavy atom. The number of hydrogen-bond donors (Lipinski definition) is 1. The van der Waals surface area contributed by atoms with Crippen LogP contribution < -0.4 is 5.32 Å². The first-order valence-corrected chi connectivity index (χ1v) is 9.28. The van der Waals surface area contributed by atoms with Crippen molar-refractivity contribution in [2.24, 2.45) is 0 Å². The zero-order valence-electron chi connectivity index (χ0n) is 16.8. The van der Waals surface area contributed by atoms with Gasteiger partial charge in [-0.05, 0) is 31.2 Å². The number of rotatable bonds is 5. The number of nitrogens with zero attached hydrogens (tertiary/aromatic N) is 6. The van der Waals surface area contributed by atoms with Crippen molar-refractivity contribution in [3.63, 3.8) is 0 Å². The first-order chi connectivity index (χ1) is 14.6. The number of nitrogens with one attached hydrogen (secondary N) is 1. The molecule has 3 heterocycles. The van der Waals surface area contributed by atoms with Gasteiger partial charge in [-0.1, -0.05) is 19.9 Å². The second-order valence-corrected chi connectivity index (χ2v) is 7.01. The van der Waals surface area contributed by atoms with E-state index in [0.29, 0.717) is 23.0 Å². The van der Waals surface area contributed by atoms with Gasteiger partial charge in [0.25, 0.3) is 5.91 Å². The zero-order valence-corrected chi connectivity index (χ0v) is 16.8. The summed E-state index contributed by atoms with van der Waals surface area (Å²) in [4.78, 5) is 24.6. The number of halogens is 3. The maximum atomic E-state index is 12.9. The van der Waals surface area contributed by atoms with Crippen LogP contribution in [-0.4, -0.2) is 30.6 Å². The highest BCUT2D eigenvalue weighted by molar-refractivity contribution is 5.92. The average molecular weight is 429 g/mol. The van der Waals surface area contributed by atoms with E-state index in [9.17, 15) is 18.0 Å². The number of nitriles is 1. The van der Waals surface area contributed by atoms with Crippen LogP contribution in [0.3, 0.4) is 0 Å². The van der Waals surface area contributed by atoms with Gasteiger partial charge in [0.1, 0.15) is 17.5 Å². The predicted molar refractivity (Wildman–Crippen MR) is 103 cm³/mol. The first kappa shape index (κ1) is 21.9. The van der Waals surface area contributed by atoms with Crippen molar-refractivity contribution in [3.05, 3.63) is 65.1 Å². The molecule has 160 valence electrons. The number of hydrogen-bond acceptors (Lipinski definition) is 6. The largest absolute Gasteiger partial charge is 0.433 e. The maximum absolute atomic E-state index is 12.9. The van der Waals surface area contributed by atoms with E-state index in [0.717, 1.165) is 12.1 Å². The molecule has 0 spiro atoms. The SMILES string of the molecule is CC(C)c1nc([C@H](C)NC(=O)c2cccc(C(F)(F)F)n2)n(-c2ccc(C#N)cn2)n1. The number of carbonyl (C=O) groups is 1. The summed E-state index contributed by atoms with van der Waals surface area (Å²) >= 11 is 0. The Bertz CT molecular complexity index is 1130. The average Bonchev–Trinajstić information content (AvgIpc) is 3.19. The van der Waals surface area contributed by atoms with Gasteiger partial charge in [0.15, 0.2) is 17.5 Å². The molecular formula is C20H18F3N7O. The first-order valence-electron chi connectivity index (χ1n) is 9.28. The molecule has 31 heavy (non-hydrogen) atoms. The molecule has 1 N–H and O–H groups in total. The lowest BCUT2D eigenvalue weighted by Crippen LogP contribution is -2.30. The number of pyridine rings is 2. The lowest BCUT2D eigenvalue weighted by Gasteiger charge is -2.14. The number of carbonyl (C=O) groups excluding carboxylic acids is 1. The molecule has 11 heteroatoms. The number of alkyl halides is 3. The van der Waals surface area contributed by atoms with Gasteiger partial charge in [0.2, 0.25) is 0 Å². The summed E-state index contributed by atoms with van der Waals surface area (Å²) < 4.78 is 40.1. The zero-order chi connectivity index (χ0) is 22.8. The number of amides is 1. The fraction of sp³-hybridized carbons (Fsp3) is 0.300. The molecule has 0 aliphatic carbocycles. The third-order valence-electron chi connectivity index (χ3n) is 4.27. The molecule has 0 saturated carbocycles. The monoisotopic (exact) mass is 429 g/mol. The highest BCUT2D eigenvalue weighted by Crippen LogP contribution is 2.27. The molecule has 0 bridgehead atoms. The van der Waals surface area contributed by atoms with Crippen LogP contribution in [0.5, 0.6) is 0 Å². The van der Waals surface area contributed by atoms with Crippen molar-refractivity contribution in [1.29, 1.82) is 5.26 Å². The van der Waals surface area contributed by atoms with E-state index in [1.54, 1.807) is 19.1 Å². The van der Waals surface area contributed by atoms with Gasteiger partial charge in [0.05, 0.1) is 11.6 Å². The summed E-state index contributed by atoms with van der Waals surface area (Å²) in [7, 11) is 0. The summed E-state index contributed by atoms with van der Waals surface area (Å²) in [6, 6.07) is 7.52. The molecule has 0 radical (unpaired) electrons. The van der Waals surface area contributed by atoms with Gasteiger partial charge in [-0.3, -0.25) is 4.79 Å². The molecule has 3 aromatic rings. The fourth-order valence-corrected chi connectivity index (χ4v) is 2.67. The van der Waals surface area contributed by atoms with E-state index < -0.39 is 23.8 Å². The predicted octanol–water partition coefficient (Wildman–Crippen LogP) is 3.56. The highest BCUT2D eigenvalue weighted by Gasteiger charge is 2.33. The lowest BCUT2D eigenvalue weighted by molar-refractivity contribution is -0.141. The third-order valence-corrected chi connectivity index (χ3v) is 4.27. The Hall–Kier alpha value is -3.81. The second kappa shape index (κ2) is 8.51. The van der Waals surface area contributed by atoms with Crippen LogP contribution in [-0.2, 0) is 6.18 Å². The maximum Gasteiger partial charge on any atom is 0.433 e. The molecular weight excluding hydrogens is 411 g/mol. The van der Waals surface area contributed by atoms with Gasteiger partial charge in [0, 0.05) is 12.1 Å². The molecule has 8 nitrogen and oxygen atoms in total. The normalized spacial score (nSPS) is 12.5. The van der Waals surface area contributed by atoms with E-state index in [-0.39, 0.29) is 11.6 Å². The Morgan fingerprint density at radius 1 is 1.16 bits per heavy atom. The summed E-state index contributed by atoms with van der Waals surface area (Å²) in [6.45, 7) is 5.41. The topological polar surface area (TPSA) is 109 Å². The number of aromatic nitrogens is 5. The minimum atomic E-state index is -4.66. The minimum Gasteiger partial charge on any atom is -0.341 e. The smallest absolute Gasteiger partial charge is 0.341 e. The van der Waals surface area contributed by atoms with Crippen molar-refractivity contribution in [2.45, 2.75) is 38.9 Å². The Balaban J connectivity index is 1.91. The van der Waals surface area contributed by atoms with Gasteiger partial charge in [-0.2, -0.15) is 23.1 Å². The molecule has 1 amide bonds. The molecule has 0 saturated heterocycles. The van der Waals surface area contributed by atoms with E-state index in [4.69, 9.17) is 5.26 Å². The van der Waals surface area contributed by atoms with Gasteiger partial charge < -0.3 is 5.32 Å². The van der Waals surface area contributed by atoms with Crippen LogP contribution in [0.1, 0.15) is 66.1 Å². The van der Waals surface area contributed by atoms with Crippen LogP contribution in [0.15, 0.2) is 36.5 Å². The standard InChI is InChI=1S/C20H18F3N7O/c1-11(2)17-28-18(30(29-17)16-8-7-13(9-24)10-25-16)12(3)26-19(31)14-5-4-6-15(27-14)20(21,22)23/h4-8,10-12H,1-3H3,(H,26,31)/t12-/m0/s1. The van der Waals surface area contributed by atoms with Crippen LogP contribution in [0, 0.1) is 11.3 Å². The van der Waals surface area contributed by atoms with Crippen molar-refractivity contribution in [3.8, 4) is 11.9 Å². The second-order valence-electron chi connectivity index (χ2n) is 7.01. The molecule has 1 atom stereocenters. The Morgan fingerprint density at radius 3 is 2.48 bits per heavy atom. The van der Waals surface area contributed by atoms with Crippen LogP contribution in [0.4, 0.5) is 13.2 Å². The Kier molecular flexibility index (Phi) is 6.01. The van der Waals surface area contributed by atoms with Gasteiger partial charge in [-0.25, -0.2) is 15.0 Å². The summed E-state index contributed by atoms with van der Waals surface area (Å²) in [5, 5.41) is 16.0. The van der Waals surface area contributed by atoms with E-state index in [2.05, 4.69) is 25.4 Å². The van der Waals surface area contributed by atoms with Crippen LogP contribution in [0.25, 0.3) is 5.82 Å². The van der Waals surface area contributed by atoms with Crippen LogP contribution >= 0.6 is 0 Å². The van der Waals surface area contributed by atoms with Crippen molar-refractivity contribution >= 4 is 5.91 Å². The molecule has 0 unspecified atom stereocenters. The van der Waals surface area contributed by atoms with E-state index in [1.165, 1.54) is 16.9 Å². The van der Waals surface area contributed by atoms with Crippen LogP contribution in [0.2, 0.25) is 0 Å². The van der Waals surface area contributed by atoms with Crippen molar-refractivity contribution in [1.82, 2.24) is 30.0 Å². The summed E-state index contributed by atoms with van der Waals surface area (Å²) in [6.07, 6.45) is -3.28.